The van der Waals surface area contributed by atoms with Crippen LogP contribution in [-0.2, 0) is 11.2 Å². The lowest BCUT2D eigenvalue weighted by Crippen LogP contribution is -2.28. The second-order valence-electron chi connectivity index (χ2n) is 4.14. The zero-order valence-electron chi connectivity index (χ0n) is 9.00. The minimum absolute atomic E-state index is 0.151. The van der Waals surface area contributed by atoms with Gasteiger partial charge in [0.15, 0.2) is 6.79 Å². The topological polar surface area (TPSA) is 18.5 Å². The van der Waals surface area contributed by atoms with E-state index in [9.17, 15) is 0 Å². The minimum atomic E-state index is 0.151. The van der Waals surface area contributed by atoms with Crippen LogP contribution in [0.5, 0.6) is 5.75 Å². The second-order valence-corrected chi connectivity index (χ2v) is 4.14. The van der Waals surface area contributed by atoms with Gasteiger partial charge in [-0.2, -0.15) is 0 Å². The van der Waals surface area contributed by atoms with E-state index >= 15 is 0 Å². The van der Waals surface area contributed by atoms with Crippen LogP contribution in [0.1, 0.15) is 5.56 Å². The van der Waals surface area contributed by atoms with Crippen molar-refractivity contribution in [1.29, 1.82) is 0 Å². The van der Waals surface area contributed by atoms with Crippen molar-refractivity contribution in [3.05, 3.63) is 54.1 Å². The molecular weight excluding hydrogens is 200 g/mol. The fourth-order valence-corrected chi connectivity index (χ4v) is 2.24. The Morgan fingerprint density at radius 2 is 1.94 bits per heavy atom. The van der Waals surface area contributed by atoms with E-state index in [2.05, 4.69) is 30.4 Å². The van der Waals surface area contributed by atoms with Gasteiger partial charge >= 0.3 is 0 Å². The summed E-state index contributed by atoms with van der Waals surface area (Å²) in [6, 6.07) is 8.18. The number of ether oxygens (including phenoxy) is 2. The molecule has 0 saturated heterocycles. The molecule has 1 aliphatic carbocycles. The molecule has 0 bridgehead atoms. The third-order valence-corrected chi connectivity index (χ3v) is 3.10. The van der Waals surface area contributed by atoms with Crippen LogP contribution < -0.4 is 4.74 Å². The van der Waals surface area contributed by atoms with Crippen molar-refractivity contribution in [2.24, 2.45) is 5.92 Å². The van der Waals surface area contributed by atoms with Gasteiger partial charge in [0.2, 0.25) is 0 Å². The van der Waals surface area contributed by atoms with E-state index < -0.39 is 0 Å². The minimum Gasteiger partial charge on any atom is -0.467 e. The van der Waals surface area contributed by atoms with Crippen molar-refractivity contribution >= 4 is 0 Å². The lowest BCUT2D eigenvalue weighted by molar-refractivity contribution is -0.0377. The summed E-state index contributed by atoms with van der Waals surface area (Å²) in [5.41, 5.74) is 1.26. The maximum atomic E-state index is 5.68. The van der Waals surface area contributed by atoms with Crippen LogP contribution in [0.25, 0.3) is 0 Å². The van der Waals surface area contributed by atoms with Crippen molar-refractivity contribution in [2.45, 2.75) is 12.5 Å². The van der Waals surface area contributed by atoms with Gasteiger partial charge in [-0.3, -0.25) is 0 Å². The summed E-state index contributed by atoms with van der Waals surface area (Å²) in [4.78, 5) is 0. The van der Waals surface area contributed by atoms with E-state index in [1.54, 1.807) is 0 Å². The predicted molar refractivity (Wildman–Crippen MR) is 62.3 cm³/mol. The predicted octanol–water partition coefficient (Wildman–Crippen LogP) is 2.71. The molecule has 0 fully saturated rings. The molecule has 0 aromatic heterocycles. The first-order valence-corrected chi connectivity index (χ1v) is 5.61. The van der Waals surface area contributed by atoms with Crippen molar-refractivity contribution in [3.63, 3.8) is 0 Å². The Bertz CT molecular complexity index is 434. The number of benzene rings is 1. The molecule has 0 N–H and O–H groups in total. The van der Waals surface area contributed by atoms with Crippen LogP contribution in [0.15, 0.2) is 48.6 Å². The maximum Gasteiger partial charge on any atom is 0.189 e. The first kappa shape index (κ1) is 9.67. The normalized spacial score (nSPS) is 27.2. The zero-order valence-corrected chi connectivity index (χ0v) is 9.00. The van der Waals surface area contributed by atoms with Crippen molar-refractivity contribution in [1.82, 2.24) is 0 Å². The van der Waals surface area contributed by atoms with Gasteiger partial charge in [0.25, 0.3) is 0 Å². The van der Waals surface area contributed by atoms with Gasteiger partial charge in [-0.1, -0.05) is 42.5 Å². The van der Waals surface area contributed by atoms with Gasteiger partial charge in [-0.15, -0.1) is 0 Å². The molecule has 0 radical (unpaired) electrons. The highest BCUT2D eigenvalue weighted by Crippen LogP contribution is 2.28. The average molecular weight is 214 g/mol. The molecule has 2 unspecified atom stereocenters. The summed E-state index contributed by atoms with van der Waals surface area (Å²) in [6.45, 7) is 0.330. The van der Waals surface area contributed by atoms with Gasteiger partial charge in [-0.05, 0) is 18.1 Å². The van der Waals surface area contributed by atoms with Gasteiger partial charge in [0, 0.05) is 5.92 Å². The summed E-state index contributed by atoms with van der Waals surface area (Å²) >= 11 is 0. The Labute approximate surface area is 95.2 Å². The zero-order chi connectivity index (χ0) is 10.8. The van der Waals surface area contributed by atoms with Crippen LogP contribution in [0.2, 0.25) is 0 Å². The molecule has 1 aromatic rings. The number of allylic oxidation sites excluding steroid dienone is 2. The summed E-state index contributed by atoms with van der Waals surface area (Å²) in [5.74, 6) is 1.37. The van der Waals surface area contributed by atoms with Gasteiger partial charge in [0.1, 0.15) is 5.75 Å². The molecule has 16 heavy (non-hydrogen) atoms. The van der Waals surface area contributed by atoms with Crippen LogP contribution in [0, 0.1) is 5.92 Å². The van der Waals surface area contributed by atoms with E-state index in [0.717, 1.165) is 12.2 Å². The van der Waals surface area contributed by atoms with Crippen LogP contribution in [0.4, 0.5) is 0 Å². The lowest BCUT2D eigenvalue weighted by Gasteiger charge is -2.28. The monoisotopic (exact) mass is 214 g/mol. The van der Waals surface area contributed by atoms with Crippen LogP contribution in [0.3, 0.4) is 0 Å². The van der Waals surface area contributed by atoms with E-state index in [1.807, 2.05) is 18.2 Å². The highest BCUT2D eigenvalue weighted by atomic mass is 16.7. The molecule has 2 nitrogen and oxygen atoms in total. The molecule has 82 valence electrons. The third kappa shape index (κ3) is 1.76. The molecule has 0 saturated carbocycles. The number of rotatable bonds is 0. The van der Waals surface area contributed by atoms with E-state index in [4.69, 9.17) is 9.47 Å². The number of para-hydroxylation sites is 1. The summed E-state index contributed by atoms with van der Waals surface area (Å²) in [7, 11) is 0. The Hall–Kier alpha value is -1.54. The Kier molecular flexibility index (Phi) is 2.50. The number of fused-ring (bicyclic) bond motifs is 2. The second kappa shape index (κ2) is 4.14. The molecule has 3 rings (SSSR count). The molecule has 1 aromatic carbocycles. The summed E-state index contributed by atoms with van der Waals surface area (Å²) in [5, 5.41) is 0. The van der Waals surface area contributed by atoms with Gasteiger partial charge in [0.05, 0.1) is 6.10 Å². The molecule has 1 heterocycles. The van der Waals surface area contributed by atoms with Crippen molar-refractivity contribution in [3.8, 4) is 5.75 Å². The van der Waals surface area contributed by atoms with Gasteiger partial charge in [-0.25, -0.2) is 0 Å². The standard InChI is InChI=1S/C14H14O2/c1-3-7-13-11(5-1)9-12-6-2-4-8-14(12)16-10-15-13/h1-8,11,13H,9-10H2. The number of hydrogen-bond acceptors (Lipinski definition) is 2. The molecular formula is C14H14O2. The summed E-state index contributed by atoms with van der Waals surface area (Å²) < 4.78 is 11.3. The molecule has 0 spiro atoms. The first-order valence-electron chi connectivity index (χ1n) is 5.61. The quantitative estimate of drug-likeness (QED) is 0.661. The van der Waals surface area contributed by atoms with Crippen molar-refractivity contribution < 1.29 is 9.47 Å². The van der Waals surface area contributed by atoms with E-state index in [1.165, 1.54) is 5.56 Å². The molecule has 0 amide bonds. The summed E-state index contributed by atoms with van der Waals surface area (Å²) in [6.07, 6.45) is 9.57. The molecule has 1 aliphatic heterocycles. The molecule has 2 aliphatic rings. The fourth-order valence-electron chi connectivity index (χ4n) is 2.24. The average Bonchev–Trinajstić information content (AvgIpc) is 2.29. The maximum absolute atomic E-state index is 5.68. The third-order valence-electron chi connectivity index (χ3n) is 3.10. The van der Waals surface area contributed by atoms with E-state index in [-0.39, 0.29) is 6.10 Å². The Morgan fingerprint density at radius 3 is 2.94 bits per heavy atom. The van der Waals surface area contributed by atoms with Crippen LogP contribution >= 0.6 is 0 Å². The highest BCUT2D eigenvalue weighted by molar-refractivity contribution is 5.35. The largest absolute Gasteiger partial charge is 0.467 e. The molecule has 2 heteroatoms. The number of hydrogen-bond donors (Lipinski definition) is 0. The fraction of sp³-hybridized carbons (Fsp3) is 0.286. The smallest absolute Gasteiger partial charge is 0.189 e. The Balaban J connectivity index is 1.92. The first-order chi connectivity index (χ1) is 7.93. The van der Waals surface area contributed by atoms with E-state index in [0.29, 0.717) is 12.7 Å². The van der Waals surface area contributed by atoms with Gasteiger partial charge < -0.3 is 9.47 Å². The van der Waals surface area contributed by atoms with Crippen LogP contribution in [-0.4, -0.2) is 12.9 Å². The van der Waals surface area contributed by atoms with Crippen molar-refractivity contribution in [2.75, 3.05) is 6.79 Å². The lowest BCUT2D eigenvalue weighted by atomic mass is 9.90. The highest BCUT2D eigenvalue weighted by Gasteiger charge is 2.23. The Morgan fingerprint density at radius 1 is 1.06 bits per heavy atom. The molecule has 2 atom stereocenters. The SMILES string of the molecule is C1=CC2Cc3ccccc3OCOC2C=C1.